The Hall–Kier alpha value is -2.15. The number of hydrogen-bond donors (Lipinski definition) is 1. The second-order valence-electron chi connectivity index (χ2n) is 5.92. The summed E-state index contributed by atoms with van der Waals surface area (Å²) in [5.41, 5.74) is 1.59. The monoisotopic (exact) mass is 344 g/mol. The van der Waals surface area contributed by atoms with Crippen molar-refractivity contribution in [1.82, 2.24) is 14.8 Å². The number of thioether (sulfide) groups is 1. The van der Waals surface area contributed by atoms with Crippen LogP contribution in [0.5, 0.6) is 0 Å². The van der Waals surface area contributed by atoms with Gasteiger partial charge in [-0.2, -0.15) is 0 Å². The number of ketones is 1. The van der Waals surface area contributed by atoms with Gasteiger partial charge in [-0.3, -0.25) is 14.2 Å². The third-order valence-electron chi connectivity index (χ3n) is 3.97. The molecule has 126 valence electrons. The van der Waals surface area contributed by atoms with Gasteiger partial charge in [0.15, 0.2) is 5.16 Å². The minimum atomic E-state index is -0.116. The van der Waals surface area contributed by atoms with Gasteiger partial charge in [0, 0.05) is 19.0 Å². The van der Waals surface area contributed by atoms with Crippen LogP contribution in [-0.4, -0.2) is 31.7 Å². The molecule has 0 aliphatic heterocycles. The second-order valence-corrected chi connectivity index (χ2v) is 7.09. The van der Waals surface area contributed by atoms with E-state index in [4.69, 9.17) is 0 Å². The topological polar surface area (TPSA) is 76.9 Å². The first kappa shape index (κ1) is 16.7. The molecule has 1 unspecified atom stereocenters. The third kappa shape index (κ3) is 3.67. The maximum atomic E-state index is 12.1. The van der Waals surface area contributed by atoms with Crippen LogP contribution in [0, 0.1) is 6.92 Å². The van der Waals surface area contributed by atoms with E-state index < -0.39 is 0 Å². The van der Waals surface area contributed by atoms with Gasteiger partial charge in [-0.15, -0.1) is 10.2 Å². The molecular weight excluding hydrogens is 324 g/mol. The Morgan fingerprint density at radius 1 is 1.33 bits per heavy atom. The van der Waals surface area contributed by atoms with Crippen molar-refractivity contribution in [3.05, 3.63) is 30.1 Å². The number of amides is 1. The number of carbonyl (C=O) groups is 2. The number of benzene rings is 1. The van der Waals surface area contributed by atoms with Gasteiger partial charge in [0.25, 0.3) is 0 Å². The first-order valence-corrected chi connectivity index (χ1v) is 8.92. The van der Waals surface area contributed by atoms with E-state index in [0.29, 0.717) is 17.4 Å². The minimum Gasteiger partial charge on any atom is -0.326 e. The summed E-state index contributed by atoms with van der Waals surface area (Å²) in [5, 5.41) is 11.9. The molecule has 1 N–H and O–H groups in total. The first-order chi connectivity index (χ1) is 11.5. The van der Waals surface area contributed by atoms with Gasteiger partial charge in [-0.1, -0.05) is 24.2 Å². The molecule has 1 amide bonds. The molecule has 1 atom stereocenters. The normalized spacial score (nSPS) is 17.8. The van der Waals surface area contributed by atoms with E-state index in [0.717, 1.165) is 36.5 Å². The average molecular weight is 344 g/mol. The van der Waals surface area contributed by atoms with Gasteiger partial charge >= 0.3 is 0 Å². The van der Waals surface area contributed by atoms with Crippen molar-refractivity contribution >= 4 is 29.1 Å². The lowest BCUT2D eigenvalue weighted by molar-refractivity contribution is -0.119. The molecule has 2 aromatic rings. The number of aryl methyl sites for hydroxylation is 1. The number of nitrogens with one attached hydrogen (secondary N) is 1. The van der Waals surface area contributed by atoms with Crippen LogP contribution in [0.1, 0.15) is 38.4 Å². The van der Waals surface area contributed by atoms with E-state index in [-0.39, 0.29) is 11.2 Å². The lowest BCUT2D eigenvalue weighted by atomic mass is 9.99. The molecule has 1 aliphatic carbocycles. The van der Waals surface area contributed by atoms with E-state index in [1.54, 1.807) is 0 Å². The van der Waals surface area contributed by atoms with Gasteiger partial charge in [0.05, 0.1) is 10.9 Å². The smallest absolute Gasteiger partial charge is 0.221 e. The summed E-state index contributed by atoms with van der Waals surface area (Å²) in [6.45, 7) is 3.36. The summed E-state index contributed by atoms with van der Waals surface area (Å²) in [6, 6.07) is 7.53. The fourth-order valence-corrected chi connectivity index (χ4v) is 4.06. The highest BCUT2D eigenvalue weighted by molar-refractivity contribution is 8.00. The van der Waals surface area contributed by atoms with Crippen LogP contribution in [-0.2, 0) is 9.59 Å². The Bertz CT molecular complexity index is 772. The molecule has 0 bridgehead atoms. The second kappa shape index (κ2) is 7.17. The fourth-order valence-electron chi connectivity index (χ4n) is 2.85. The number of nitrogens with zero attached hydrogens (tertiary/aromatic N) is 3. The van der Waals surface area contributed by atoms with E-state index in [1.807, 2.05) is 35.8 Å². The zero-order valence-electron chi connectivity index (χ0n) is 13.8. The van der Waals surface area contributed by atoms with Crippen LogP contribution in [0.15, 0.2) is 29.4 Å². The molecule has 1 aromatic heterocycles. The Labute approximate surface area is 145 Å². The predicted molar refractivity (Wildman–Crippen MR) is 93.5 cm³/mol. The number of anilines is 1. The molecule has 0 spiro atoms. The molecule has 1 saturated carbocycles. The molecule has 6 nitrogen and oxygen atoms in total. The molecule has 1 fully saturated rings. The van der Waals surface area contributed by atoms with Gasteiger partial charge < -0.3 is 5.32 Å². The highest BCUT2D eigenvalue weighted by Gasteiger charge is 2.26. The molecule has 0 saturated heterocycles. The van der Waals surface area contributed by atoms with E-state index >= 15 is 0 Å². The van der Waals surface area contributed by atoms with Gasteiger partial charge in [0.2, 0.25) is 5.91 Å². The molecule has 0 radical (unpaired) electrons. The van der Waals surface area contributed by atoms with Gasteiger partial charge in [0.1, 0.15) is 11.6 Å². The van der Waals surface area contributed by atoms with E-state index in [9.17, 15) is 9.59 Å². The first-order valence-electron chi connectivity index (χ1n) is 8.04. The van der Waals surface area contributed by atoms with Crippen LogP contribution in [0.3, 0.4) is 0 Å². The van der Waals surface area contributed by atoms with Crippen LogP contribution >= 0.6 is 11.8 Å². The van der Waals surface area contributed by atoms with Crippen LogP contribution in [0.25, 0.3) is 5.69 Å². The van der Waals surface area contributed by atoms with Crippen molar-refractivity contribution in [2.24, 2.45) is 0 Å². The van der Waals surface area contributed by atoms with Crippen LogP contribution in [0.2, 0.25) is 0 Å². The maximum Gasteiger partial charge on any atom is 0.221 e. The largest absolute Gasteiger partial charge is 0.326 e. The number of aromatic nitrogens is 3. The lowest BCUT2D eigenvalue weighted by Crippen LogP contribution is -2.21. The number of carbonyl (C=O) groups excluding carboxylic acids is 2. The molecular formula is C17H20N4O2S. The Balaban J connectivity index is 1.90. The molecule has 1 aliphatic rings. The van der Waals surface area contributed by atoms with E-state index in [1.165, 1.54) is 18.7 Å². The number of hydrogen-bond acceptors (Lipinski definition) is 5. The Morgan fingerprint density at radius 2 is 2.17 bits per heavy atom. The van der Waals surface area contributed by atoms with Crippen LogP contribution < -0.4 is 5.32 Å². The quantitative estimate of drug-likeness (QED) is 0.922. The molecule has 3 rings (SSSR count). The molecule has 7 heteroatoms. The van der Waals surface area contributed by atoms with Crippen molar-refractivity contribution in [1.29, 1.82) is 0 Å². The predicted octanol–water partition coefficient (Wildman–Crippen LogP) is 3.14. The highest BCUT2D eigenvalue weighted by atomic mass is 32.2. The summed E-state index contributed by atoms with van der Waals surface area (Å²) >= 11 is 1.49. The van der Waals surface area contributed by atoms with Crippen molar-refractivity contribution in [3.63, 3.8) is 0 Å². The molecule has 24 heavy (non-hydrogen) atoms. The van der Waals surface area contributed by atoms with Crippen molar-refractivity contribution in [2.45, 2.75) is 49.9 Å². The zero-order chi connectivity index (χ0) is 17.1. The molecule has 1 heterocycles. The average Bonchev–Trinajstić information content (AvgIpc) is 2.90. The van der Waals surface area contributed by atoms with Crippen molar-refractivity contribution < 1.29 is 9.59 Å². The maximum absolute atomic E-state index is 12.1. The number of Topliss-reactive ketones (excluding diaryl/α,β-unsaturated/α-hetero) is 1. The number of rotatable bonds is 4. The highest BCUT2D eigenvalue weighted by Crippen LogP contribution is 2.32. The van der Waals surface area contributed by atoms with Gasteiger partial charge in [-0.25, -0.2) is 0 Å². The summed E-state index contributed by atoms with van der Waals surface area (Å²) in [5.74, 6) is 0.932. The standard InChI is InChI=1S/C17H20N4O2S/c1-11-19-20-17(24-16-9-4-3-8-15(16)23)21(11)14-7-5-6-13(10-14)18-12(2)22/h5-7,10,16H,3-4,8-9H2,1-2H3,(H,18,22). The Kier molecular flexibility index (Phi) is 4.99. The van der Waals surface area contributed by atoms with Crippen molar-refractivity contribution in [2.75, 3.05) is 5.32 Å². The third-order valence-corrected chi connectivity index (χ3v) is 5.22. The Morgan fingerprint density at radius 3 is 2.92 bits per heavy atom. The summed E-state index contributed by atoms with van der Waals surface area (Å²) in [4.78, 5) is 23.4. The lowest BCUT2D eigenvalue weighted by Gasteiger charge is -2.19. The summed E-state index contributed by atoms with van der Waals surface area (Å²) in [7, 11) is 0. The summed E-state index contributed by atoms with van der Waals surface area (Å²) < 4.78 is 1.93. The summed E-state index contributed by atoms with van der Waals surface area (Å²) in [6.07, 6.45) is 3.61. The van der Waals surface area contributed by atoms with E-state index in [2.05, 4.69) is 15.5 Å². The minimum absolute atomic E-state index is 0.0420. The fraction of sp³-hybridized carbons (Fsp3) is 0.412. The van der Waals surface area contributed by atoms with Crippen molar-refractivity contribution in [3.8, 4) is 5.69 Å². The zero-order valence-corrected chi connectivity index (χ0v) is 14.6. The SMILES string of the molecule is CC(=O)Nc1cccc(-n2c(C)nnc2SC2CCCCC2=O)c1. The van der Waals surface area contributed by atoms with Gasteiger partial charge in [-0.05, 0) is 38.0 Å². The molecule has 1 aromatic carbocycles. The van der Waals surface area contributed by atoms with Crippen LogP contribution in [0.4, 0.5) is 5.69 Å².